The van der Waals surface area contributed by atoms with E-state index in [9.17, 15) is 9.18 Å². The Balaban J connectivity index is 2.27. The van der Waals surface area contributed by atoms with Crippen molar-refractivity contribution in [2.45, 2.75) is 32.2 Å². The second-order valence-corrected chi connectivity index (χ2v) is 4.89. The van der Waals surface area contributed by atoms with Crippen molar-refractivity contribution in [3.8, 4) is 0 Å². The number of halogens is 1. The molecule has 0 unspecified atom stereocenters. The van der Waals surface area contributed by atoms with Gasteiger partial charge in [-0.05, 0) is 32.3 Å². The average Bonchev–Trinajstić information content (AvgIpc) is 2.38. The first-order valence-corrected chi connectivity index (χ1v) is 6.98. The van der Waals surface area contributed by atoms with Gasteiger partial charge in [0.15, 0.2) is 0 Å². The second kappa shape index (κ2) is 6.65. The van der Waals surface area contributed by atoms with Gasteiger partial charge in [-0.2, -0.15) is 0 Å². The van der Waals surface area contributed by atoms with Crippen LogP contribution in [-0.4, -0.2) is 46.6 Å². The van der Waals surface area contributed by atoms with Crippen molar-refractivity contribution in [2.24, 2.45) is 0 Å². The van der Waals surface area contributed by atoms with Crippen LogP contribution in [0.5, 0.6) is 0 Å². The van der Waals surface area contributed by atoms with Crippen molar-refractivity contribution < 1.29 is 14.3 Å². The van der Waals surface area contributed by atoms with Crippen LogP contribution in [0.2, 0.25) is 0 Å². The zero-order valence-electron chi connectivity index (χ0n) is 11.6. The highest BCUT2D eigenvalue weighted by Gasteiger charge is 2.30. The predicted octanol–water partition coefficient (Wildman–Crippen LogP) is 1.64. The van der Waals surface area contributed by atoms with Gasteiger partial charge in [0.2, 0.25) is 0 Å². The summed E-state index contributed by atoms with van der Waals surface area (Å²) >= 11 is 0. The lowest BCUT2D eigenvalue weighted by atomic mass is 9.91. The van der Waals surface area contributed by atoms with E-state index in [1.165, 1.54) is 6.07 Å². The maximum absolute atomic E-state index is 13.4. The number of anilines is 1. The molecule has 1 saturated carbocycles. The Morgan fingerprint density at radius 1 is 1.60 bits per heavy atom. The van der Waals surface area contributed by atoms with E-state index in [-0.39, 0.29) is 30.7 Å². The molecular weight excluding hydrogens is 261 g/mol. The van der Waals surface area contributed by atoms with Crippen LogP contribution in [0.25, 0.3) is 0 Å². The van der Waals surface area contributed by atoms with Crippen LogP contribution in [0.3, 0.4) is 0 Å². The van der Waals surface area contributed by atoms with Crippen LogP contribution in [0.1, 0.15) is 36.5 Å². The molecule has 1 amide bonds. The van der Waals surface area contributed by atoms with E-state index < -0.39 is 5.82 Å². The fraction of sp³-hybridized carbons (Fsp3) is 0.571. The Morgan fingerprint density at radius 3 is 2.90 bits per heavy atom. The number of hydrogen-bond donors (Lipinski definition) is 2. The summed E-state index contributed by atoms with van der Waals surface area (Å²) in [6.45, 7) is 2.66. The van der Waals surface area contributed by atoms with Gasteiger partial charge in [-0.15, -0.1) is 0 Å². The quantitative estimate of drug-likeness (QED) is 0.832. The van der Waals surface area contributed by atoms with Crippen molar-refractivity contribution in [1.82, 2.24) is 9.88 Å². The van der Waals surface area contributed by atoms with Crippen molar-refractivity contribution in [3.05, 3.63) is 23.6 Å². The van der Waals surface area contributed by atoms with E-state index >= 15 is 0 Å². The molecule has 0 aromatic carbocycles. The molecule has 2 N–H and O–H groups in total. The monoisotopic (exact) mass is 281 g/mol. The van der Waals surface area contributed by atoms with E-state index in [1.54, 1.807) is 4.90 Å². The summed E-state index contributed by atoms with van der Waals surface area (Å²) in [4.78, 5) is 18.1. The number of nitrogens with zero attached hydrogens (tertiary/aromatic N) is 2. The number of hydrogen-bond acceptors (Lipinski definition) is 4. The van der Waals surface area contributed by atoms with E-state index in [2.05, 4.69) is 10.3 Å². The number of carbonyl (C=O) groups is 1. The topological polar surface area (TPSA) is 65.5 Å². The van der Waals surface area contributed by atoms with Gasteiger partial charge < -0.3 is 15.3 Å². The molecule has 1 aromatic heterocycles. The summed E-state index contributed by atoms with van der Waals surface area (Å²) in [7, 11) is 0. The number of aliphatic hydroxyl groups is 1. The fourth-order valence-electron chi connectivity index (χ4n) is 2.32. The van der Waals surface area contributed by atoms with E-state index in [0.29, 0.717) is 12.4 Å². The molecule has 0 spiro atoms. The van der Waals surface area contributed by atoms with Crippen molar-refractivity contribution >= 4 is 11.7 Å². The van der Waals surface area contributed by atoms with Crippen molar-refractivity contribution in [1.29, 1.82) is 0 Å². The van der Waals surface area contributed by atoms with E-state index in [0.717, 1.165) is 25.5 Å². The molecule has 1 aliphatic carbocycles. The zero-order valence-corrected chi connectivity index (χ0v) is 11.6. The maximum atomic E-state index is 13.4. The van der Waals surface area contributed by atoms with Crippen molar-refractivity contribution in [3.63, 3.8) is 0 Å². The molecule has 1 fully saturated rings. The summed E-state index contributed by atoms with van der Waals surface area (Å²) in [6, 6.07) is 1.35. The molecule has 6 heteroatoms. The Bertz CT molecular complexity index is 477. The van der Waals surface area contributed by atoms with Gasteiger partial charge in [0.1, 0.15) is 11.6 Å². The number of amides is 1. The summed E-state index contributed by atoms with van der Waals surface area (Å²) in [5.74, 6) is -0.416. The molecule has 2 rings (SSSR count). The maximum Gasteiger partial charge on any atom is 0.258 e. The van der Waals surface area contributed by atoms with Gasteiger partial charge >= 0.3 is 0 Å². The highest BCUT2D eigenvalue weighted by Crippen LogP contribution is 2.27. The molecule has 1 heterocycles. The van der Waals surface area contributed by atoms with Gasteiger partial charge in [-0.1, -0.05) is 0 Å². The molecule has 0 radical (unpaired) electrons. The minimum absolute atomic E-state index is 0.0957. The summed E-state index contributed by atoms with van der Waals surface area (Å²) < 4.78 is 13.4. The van der Waals surface area contributed by atoms with Crippen LogP contribution in [0.4, 0.5) is 10.2 Å². The van der Waals surface area contributed by atoms with Crippen molar-refractivity contribution in [2.75, 3.05) is 25.0 Å². The third kappa shape index (κ3) is 3.07. The molecular formula is C14H20FN3O2. The number of aliphatic hydroxyl groups excluding tert-OH is 1. The van der Waals surface area contributed by atoms with E-state index in [1.807, 2.05) is 6.92 Å². The van der Waals surface area contributed by atoms with Crippen LogP contribution in [0, 0.1) is 5.82 Å². The molecule has 1 aromatic rings. The van der Waals surface area contributed by atoms with Gasteiger partial charge in [0.25, 0.3) is 5.91 Å². The number of aromatic nitrogens is 1. The first-order valence-electron chi connectivity index (χ1n) is 6.98. The fourth-order valence-corrected chi connectivity index (χ4v) is 2.32. The first kappa shape index (κ1) is 14.7. The smallest absolute Gasteiger partial charge is 0.258 e. The van der Waals surface area contributed by atoms with Gasteiger partial charge in [-0.25, -0.2) is 9.37 Å². The lowest BCUT2D eigenvalue weighted by Crippen LogP contribution is -2.45. The summed E-state index contributed by atoms with van der Waals surface area (Å²) in [5, 5.41) is 12.1. The SMILES string of the molecule is CCNc1ncc(F)cc1C(=O)N(CCO)C1CCC1. The molecule has 5 nitrogen and oxygen atoms in total. The number of rotatable bonds is 6. The Hall–Kier alpha value is -1.69. The molecule has 0 aliphatic heterocycles. The standard InChI is InChI=1S/C14H20FN3O2/c1-2-16-13-12(8-10(15)9-17-13)14(20)18(6-7-19)11-4-3-5-11/h8-9,11,19H,2-7H2,1H3,(H,16,17). The molecule has 20 heavy (non-hydrogen) atoms. The lowest BCUT2D eigenvalue weighted by Gasteiger charge is -2.37. The van der Waals surface area contributed by atoms with Gasteiger partial charge in [0, 0.05) is 19.1 Å². The largest absolute Gasteiger partial charge is 0.395 e. The summed E-state index contributed by atoms with van der Waals surface area (Å²) in [6.07, 6.45) is 4.05. The first-order chi connectivity index (χ1) is 9.67. The average molecular weight is 281 g/mol. The molecule has 0 bridgehead atoms. The minimum Gasteiger partial charge on any atom is -0.395 e. The lowest BCUT2D eigenvalue weighted by molar-refractivity contribution is 0.0526. The minimum atomic E-state index is -0.535. The van der Waals surface area contributed by atoms with Crippen LogP contribution in [0.15, 0.2) is 12.3 Å². The van der Waals surface area contributed by atoms with Gasteiger partial charge in [0.05, 0.1) is 18.4 Å². The van der Waals surface area contributed by atoms with Crippen LogP contribution < -0.4 is 5.32 Å². The Labute approximate surface area is 117 Å². The normalized spacial score (nSPS) is 14.8. The third-order valence-corrected chi connectivity index (χ3v) is 3.55. The Morgan fingerprint density at radius 2 is 2.35 bits per heavy atom. The second-order valence-electron chi connectivity index (χ2n) is 4.89. The highest BCUT2D eigenvalue weighted by atomic mass is 19.1. The highest BCUT2D eigenvalue weighted by molar-refractivity contribution is 5.99. The number of carbonyl (C=O) groups excluding carboxylic acids is 1. The molecule has 110 valence electrons. The molecule has 1 aliphatic rings. The van der Waals surface area contributed by atoms with Crippen LogP contribution >= 0.6 is 0 Å². The number of nitrogens with one attached hydrogen (secondary N) is 1. The predicted molar refractivity (Wildman–Crippen MR) is 74.1 cm³/mol. The molecule has 0 saturated heterocycles. The molecule has 0 atom stereocenters. The third-order valence-electron chi connectivity index (χ3n) is 3.55. The van der Waals surface area contributed by atoms with Gasteiger partial charge in [-0.3, -0.25) is 4.79 Å². The van der Waals surface area contributed by atoms with Crippen LogP contribution in [-0.2, 0) is 0 Å². The number of pyridine rings is 1. The van der Waals surface area contributed by atoms with E-state index in [4.69, 9.17) is 5.11 Å². The Kier molecular flexibility index (Phi) is 4.89. The summed E-state index contributed by atoms with van der Waals surface area (Å²) in [5.41, 5.74) is 0.229. The zero-order chi connectivity index (χ0) is 14.5.